The second-order valence-electron chi connectivity index (χ2n) is 4.23. The van der Waals surface area contributed by atoms with Crippen molar-refractivity contribution in [2.75, 3.05) is 0 Å². The van der Waals surface area contributed by atoms with Gasteiger partial charge in [0.15, 0.2) is 0 Å². The van der Waals surface area contributed by atoms with Crippen LogP contribution >= 0.6 is 23.2 Å². The van der Waals surface area contributed by atoms with Gasteiger partial charge in [0.05, 0.1) is 22.3 Å². The van der Waals surface area contributed by atoms with Crippen molar-refractivity contribution in [3.63, 3.8) is 0 Å². The number of hydrogen-bond donors (Lipinski definition) is 0. The van der Waals surface area contributed by atoms with Crippen molar-refractivity contribution in [1.29, 1.82) is 0 Å². The second-order valence-corrected chi connectivity index (χ2v) is 4.91. The summed E-state index contributed by atoms with van der Waals surface area (Å²) in [6.07, 6.45) is 0. The summed E-state index contributed by atoms with van der Waals surface area (Å²) in [5.41, 5.74) is 5.10. The van der Waals surface area contributed by atoms with Gasteiger partial charge in [-0.3, -0.25) is 0 Å². The van der Waals surface area contributed by atoms with Gasteiger partial charge in [-0.1, -0.05) is 17.7 Å². The normalized spacial score (nSPS) is 10.9. The molecular formula is C13H14Cl2N2. The predicted octanol–water partition coefficient (Wildman–Crippen LogP) is 4.19. The third-order valence-corrected chi connectivity index (χ3v) is 3.25. The average Bonchev–Trinajstić information content (AvgIpc) is 2.59. The fourth-order valence-corrected chi connectivity index (χ4v) is 2.54. The van der Waals surface area contributed by atoms with Crippen LogP contribution in [-0.4, -0.2) is 9.78 Å². The smallest absolute Gasteiger partial charge is 0.0864 e. The number of halogens is 2. The zero-order chi connectivity index (χ0) is 12.6. The first-order valence-electron chi connectivity index (χ1n) is 5.41. The quantitative estimate of drug-likeness (QED) is 0.747. The lowest BCUT2D eigenvalue weighted by Crippen LogP contribution is -2.03. The maximum Gasteiger partial charge on any atom is 0.0864 e. The molecule has 1 heterocycles. The molecule has 17 heavy (non-hydrogen) atoms. The van der Waals surface area contributed by atoms with Gasteiger partial charge in [0.2, 0.25) is 0 Å². The molecule has 2 nitrogen and oxygen atoms in total. The van der Waals surface area contributed by atoms with Crippen LogP contribution in [-0.2, 0) is 5.88 Å². The zero-order valence-electron chi connectivity index (χ0n) is 10.1. The largest absolute Gasteiger partial charge is 0.236 e. The molecule has 1 aromatic carbocycles. The third-order valence-electron chi connectivity index (χ3n) is 2.69. The van der Waals surface area contributed by atoms with E-state index in [0.29, 0.717) is 5.88 Å². The van der Waals surface area contributed by atoms with Crippen molar-refractivity contribution >= 4 is 23.2 Å². The van der Waals surface area contributed by atoms with Gasteiger partial charge in [-0.15, -0.1) is 11.6 Å². The molecule has 0 aliphatic heterocycles. The molecule has 1 aromatic heterocycles. The summed E-state index contributed by atoms with van der Waals surface area (Å²) in [7, 11) is 0. The first-order valence-corrected chi connectivity index (χ1v) is 6.33. The standard InChI is InChI=1S/C13H14Cl2N2/c1-8-4-9(2)13(12(15)5-8)17-10(3)6-11(7-14)16-17/h4-6H,7H2,1-3H3. The topological polar surface area (TPSA) is 17.8 Å². The van der Waals surface area contributed by atoms with E-state index >= 15 is 0 Å². The number of nitrogens with zero attached hydrogens (tertiary/aromatic N) is 2. The predicted molar refractivity (Wildman–Crippen MR) is 72.3 cm³/mol. The first-order chi connectivity index (χ1) is 8.02. The maximum absolute atomic E-state index is 6.30. The van der Waals surface area contributed by atoms with Crippen molar-refractivity contribution in [3.8, 4) is 5.69 Å². The molecule has 0 aliphatic rings. The maximum atomic E-state index is 6.30. The van der Waals surface area contributed by atoms with Crippen molar-refractivity contribution in [2.45, 2.75) is 26.7 Å². The summed E-state index contributed by atoms with van der Waals surface area (Å²) >= 11 is 12.1. The van der Waals surface area contributed by atoms with E-state index in [-0.39, 0.29) is 0 Å². The highest BCUT2D eigenvalue weighted by Crippen LogP contribution is 2.27. The third kappa shape index (κ3) is 2.33. The molecule has 0 bridgehead atoms. The van der Waals surface area contributed by atoms with Gasteiger partial charge in [-0.05, 0) is 44.0 Å². The highest BCUT2D eigenvalue weighted by Gasteiger charge is 2.12. The SMILES string of the molecule is Cc1cc(C)c(-n2nc(CCl)cc2C)c(Cl)c1. The number of benzene rings is 1. The minimum Gasteiger partial charge on any atom is -0.236 e. The van der Waals surface area contributed by atoms with Gasteiger partial charge in [-0.2, -0.15) is 5.10 Å². The van der Waals surface area contributed by atoms with Crippen LogP contribution in [0.1, 0.15) is 22.5 Å². The van der Waals surface area contributed by atoms with E-state index in [1.54, 1.807) is 0 Å². The number of hydrogen-bond acceptors (Lipinski definition) is 1. The fraction of sp³-hybridized carbons (Fsp3) is 0.308. The number of aromatic nitrogens is 2. The number of alkyl halides is 1. The molecule has 0 saturated carbocycles. The van der Waals surface area contributed by atoms with E-state index < -0.39 is 0 Å². The molecule has 0 spiro atoms. The highest BCUT2D eigenvalue weighted by atomic mass is 35.5. The molecule has 0 atom stereocenters. The van der Waals surface area contributed by atoms with Gasteiger partial charge in [-0.25, -0.2) is 4.68 Å². The minimum absolute atomic E-state index is 0.413. The van der Waals surface area contributed by atoms with E-state index in [4.69, 9.17) is 23.2 Å². The Bertz CT molecular complexity index is 536. The molecule has 90 valence electrons. The summed E-state index contributed by atoms with van der Waals surface area (Å²) in [5, 5.41) is 5.17. The summed E-state index contributed by atoms with van der Waals surface area (Å²) in [6.45, 7) is 6.07. The Morgan fingerprint density at radius 1 is 1.18 bits per heavy atom. The minimum atomic E-state index is 0.413. The van der Waals surface area contributed by atoms with Crippen LogP contribution in [0.15, 0.2) is 18.2 Å². The molecule has 2 aromatic rings. The lowest BCUT2D eigenvalue weighted by atomic mass is 10.1. The molecular weight excluding hydrogens is 255 g/mol. The molecule has 2 rings (SSSR count). The van der Waals surface area contributed by atoms with E-state index in [2.05, 4.69) is 11.2 Å². The van der Waals surface area contributed by atoms with E-state index in [1.807, 2.05) is 37.6 Å². The van der Waals surface area contributed by atoms with Crippen LogP contribution in [0.2, 0.25) is 5.02 Å². The Balaban J connectivity index is 2.63. The summed E-state index contributed by atoms with van der Waals surface area (Å²) in [5.74, 6) is 0.413. The van der Waals surface area contributed by atoms with Crippen LogP contribution in [0.4, 0.5) is 0 Å². The van der Waals surface area contributed by atoms with Gasteiger partial charge in [0, 0.05) is 5.69 Å². The number of aryl methyl sites for hydroxylation is 3. The molecule has 0 unspecified atom stereocenters. The Morgan fingerprint density at radius 2 is 1.88 bits per heavy atom. The Kier molecular flexibility index (Phi) is 3.45. The van der Waals surface area contributed by atoms with Crippen LogP contribution in [0, 0.1) is 20.8 Å². The Morgan fingerprint density at radius 3 is 2.41 bits per heavy atom. The lowest BCUT2D eigenvalue weighted by Gasteiger charge is -2.11. The zero-order valence-corrected chi connectivity index (χ0v) is 11.6. The van der Waals surface area contributed by atoms with Crippen molar-refractivity contribution in [1.82, 2.24) is 9.78 Å². The van der Waals surface area contributed by atoms with E-state index in [9.17, 15) is 0 Å². The van der Waals surface area contributed by atoms with Crippen LogP contribution in [0.3, 0.4) is 0 Å². The Hall–Kier alpha value is -0.990. The first kappa shape index (κ1) is 12.5. The van der Waals surface area contributed by atoms with Crippen LogP contribution in [0.25, 0.3) is 5.69 Å². The summed E-state index contributed by atoms with van der Waals surface area (Å²) in [6, 6.07) is 6.02. The lowest BCUT2D eigenvalue weighted by molar-refractivity contribution is 0.824. The Labute approximate surface area is 111 Å². The summed E-state index contributed by atoms with van der Waals surface area (Å²) in [4.78, 5) is 0. The highest BCUT2D eigenvalue weighted by molar-refractivity contribution is 6.32. The van der Waals surface area contributed by atoms with E-state index in [0.717, 1.165) is 33.2 Å². The molecule has 0 saturated heterocycles. The molecule has 4 heteroatoms. The van der Waals surface area contributed by atoms with Crippen molar-refractivity contribution in [3.05, 3.63) is 45.7 Å². The number of rotatable bonds is 2. The van der Waals surface area contributed by atoms with Crippen LogP contribution < -0.4 is 0 Å². The molecule has 0 amide bonds. The summed E-state index contributed by atoms with van der Waals surface area (Å²) < 4.78 is 1.86. The van der Waals surface area contributed by atoms with Gasteiger partial charge < -0.3 is 0 Å². The van der Waals surface area contributed by atoms with Gasteiger partial charge in [0.25, 0.3) is 0 Å². The average molecular weight is 269 g/mol. The fourth-order valence-electron chi connectivity index (χ4n) is 2.01. The van der Waals surface area contributed by atoms with Crippen LogP contribution in [0.5, 0.6) is 0 Å². The molecule has 0 aliphatic carbocycles. The molecule has 0 N–H and O–H groups in total. The van der Waals surface area contributed by atoms with E-state index in [1.165, 1.54) is 0 Å². The van der Waals surface area contributed by atoms with Gasteiger partial charge >= 0.3 is 0 Å². The van der Waals surface area contributed by atoms with Gasteiger partial charge in [0.1, 0.15) is 0 Å². The second kappa shape index (κ2) is 4.71. The molecule has 0 fully saturated rings. The van der Waals surface area contributed by atoms with Crippen molar-refractivity contribution < 1.29 is 0 Å². The monoisotopic (exact) mass is 268 g/mol. The molecule has 0 radical (unpaired) electrons. The van der Waals surface area contributed by atoms with Crippen molar-refractivity contribution in [2.24, 2.45) is 0 Å².